The molecule has 10 heteroatoms. The Morgan fingerprint density at radius 3 is 2.04 bits per heavy atom. The van der Waals surface area contributed by atoms with Crippen LogP contribution in [-0.2, 0) is 72.7 Å². The molecule has 0 aromatic rings. The summed E-state index contributed by atoms with van der Waals surface area (Å²) in [5, 5.41) is 41.4. The summed E-state index contributed by atoms with van der Waals surface area (Å²) < 4.78 is 22.3. The Bertz CT molecular complexity index is 447. The predicted octanol–water partition coefficient (Wildman–Crippen LogP) is -0.865. The molecule has 0 saturated carbocycles. The molecule has 0 aromatic carbocycles. The summed E-state index contributed by atoms with van der Waals surface area (Å²) in [6, 6.07) is 0. The van der Waals surface area contributed by atoms with Gasteiger partial charge in [0.05, 0.1) is 12.2 Å². The van der Waals surface area contributed by atoms with Crippen molar-refractivity contribution < 1.29 is 93.1 Å². The number of aliphatic hydroxyl groups is 4. The van der Waals surface area contributed by atoms with Gasteiger partial charge in [0.2, 0.25) is 0 Å². The third kappa shape index (κ3) is 6.01. The largest absolute Gasteiger partial charge is 0.390 e. The van der Waals surface area contributed by atoms with Crippen molar-refractivity contribution >= 4 is 0 Å². The van der Waals surface area contributed by atoms with Crippen molar-refractivity contribution in [3.8, 4) is 0 Å². The van der Waals surface area contributed by atoms with E-state index in [-0.39, 0.29) is 59.7 Å². The first-order chi connectivity index (χ1) is 11.9. The Morgan fingerprint density at radius 2 is 1.33 bits per heavy atom. The Labute approximate surface area is 199 Å². The van der Waals surface area contributed by atoms with Crippen LogP contribution in [0.3, 0.4) is 0 Å². The van der Waals surface area contributed by atoms with Crippen molar-refractivity contribution in [1.82, 2.24) is 0 Å². The normalized spacial score (nSPS) is 48.7. The summed E-state index contributed by atoms with van der Waals surface area (Å²) in [6.45, 7) is 8.07. The van der Waals surface area contributed by atoms with Gasteiger partial charge in [-0.05, 0) is 24.9 Å². The van der Waals surface area contributed by atoms with E-state index in [0.717, 1.165) is 19.3 Å². The minimum absolute atomic E-state index is 0. The maximum atomic E-state index is 10.4. The van der Waals surface area contributed by atoms with Gasteiger partial charge >= 0.3 is 0 Å². The van der Waals surface area contributed by atoms with Crippen LogP contribution < -0.4 is 0 Å². The number of rotatable bonds is 0. The Balaban J connectivity index is 0.00000182. The van der Waals surface area contributed by atoms with Gasteiger partial charge in [-0.15, -0.1) is 0 Å². The van der Waals surface area contributed by atoms with Gasteiger partial charge in [0, 0.05) is 60.4 Å². The molecule has 5 heterocycles. The smallest absolute Gasteiger partial charge is 0.184 e. The van der Waals surface area contributed by atoms with Crippen LogP contribution >= 0.6 is 0 Å². The molecule has 0 spiro atoms. The monoisotopic (exact) mass is 633 g/mol. The number of ether oxygens (including phenoxy) is 4. The van der Waals surface area contributed by atoms with Gasteiger partial charge in [-0.2, -0.15) is 0 Å². The standard InChI is InChI=1S/C17H28O8.W.Y/c1-8-10-6-4-3-5-7-22-16-14(21)12(19)15(9(2)24-16)25-17(23-8)13(20)11(10)18;;/h8-21H,1-7H2;;/q-2;;/t8?,9?,10?,11?,12?,13?,14?,15?,16-,17+;;/m1../s1. The zero-order valence-corrected chi connectivity index (χ0v) is 20.9. The van der Waals surface area contributed by atoms with E-state index in [4.69, 9.17) is 18.9 Å². The predicted molar refractivity (Wildman–Crippen MR) is 84.8 cm³/mol. The second kappa shape index (κ2) is 11.8. The molecule has 155 valence electrons. The molecule has 8 nitrogen and oxygen atoms in total. The fraction of sp³-hybridized carbons (Fsp3) is 0.882. The van der Waals surface area contributed by atoms with E-state index >= 15 is 0 Å². The molecule has 5 aliphatic rings. The second-order valence-electron chi connectivity index (χ2n) is 7.03. The number of fused-ring (bicyclic) bond motifs is 2. The zero-order chi connectivity index (χ0) is 18.1. The fourth-order valence-electron chi connectivity index (χ4n) is 3.68. The van der Waals surface area contributed by atoms with Gasteiger partial charge in [0.1, 0.15) is 18.3 Å². The Kier molecular flexibility index (Phi) is 11.5. The van der Waals surface area contributed by atoms with E-state index in [1.807, 2.05) is 0 Å². The fourth-order valence-corrected chi connectivity index (χ4v) is 3.68. The maximum absolute atomic E-state index is 10.4. The molecule has 10 atom stereocenters. The quantitative estimate of drug-likeness (QED) is 0.255. The van der Waals surface area contributed by atoms with Crippen molar-refractivity contribution in [2.75, 3.05) is 6.61 Å². The van der Waals surface area contributed by atoms with Gasteiger partial charge < -0.3 is 53.2 Å². The SMILES string of the molecule is [CH2-]C1O[C@H]2OC3C([CH2-])O[C@@H](OCCCCCC1C(O)C2O)C(O)C3O.[W].[Y]. The van der Waals surface area contributed by atoms with Crippen molar-refractivity contribution in [1.29, 1.82) is 0 Å². The summed E-state index contributed by atoms with van der Waals surface area (Å²) in [5.74, 6) is -0.306. The number of hydrogen-bond acceptors (Lipinski definition) is 8. The van der Waals surface area contributed by atoms with Gasteiger partial charge in [0.25, 0.3) is 0 Å². The van der Waals surface area contributed by atoms with Gasteiger partial charge in [-0.3, -0.25) is 0 Å². The molecule has 27 heavy (non-hydrogen) atoms. The first kappa shape index (κ1) is 26.5. The first-order valence-corrected chi connectivity index (χ1v) is 8.86. The van der Waals surface area contributed by atoms with E-state index in [1.165, 1.54) is 0 Å². The van der Waals surface area contributed by atoms with Crippen molar-refractivity contribution in [3.63, 3.8) is 0 Å². The van der Waals surface area contributed by atoms with E-state index in [9.17, 15) is 20.4 Å². The minimum Gasteiger partial charge on any atom is -0.390 e. The summed E-state index contributed by atoms with van der Waals surface area (Å²) >= 11 is 0. The van der Waals surface area contributed by atoms with Gasteiger partial charge in [0.15, 0.2) is 12.6 Å². The molecule has 4 N–H and O–H groups in total. The average molecular weight is 633 g/mol. The van der Waals surface area contributed by atoms with E-state index in [2.05, 4.69) is 13.8 Å². The Hall–Kier alpha value is 1.47. The average Bonchev–Trinajstić information content (AvgIpc) is 2.58. The molecule has 0 aliphatic carbocycles. The topological polar surface area (TPSA) is 118 Å². The summed E-state index contributed by atoms with van der Waals surface area (Å²) in [4.78, 5) is 0. The van der Waals surface area contributed by atoms with Crippen molar-refractivity contribution in [2.24, 2.45) is 5.92 Å². The van der Waals surface area contributed by atoms with Crippen LogP contribution in [0, 0.1) is 19.8 Å². The molecule has 5 aliphatic heterocycles. The van der Waals surface area contributed by atoms with Crippen LogP contribution in [0.15, 0.2) is 0 Å². The molecular formula is C17H28O8WY-2. The molecular weight excluding hydrogens is 605 g/mol. The van der Waals surface area contributed by atoms with Crippen LogP contribution in [0.5, 0.6) is 0 Å². The molecule has 0 amide bonds. The van der Waals surface area contributed by atoms with Crippen LogP contribution in [0.1, 0.15) is 25.7 Å². The molecule has 5 rings (SSSR count). The zero-order valence-electron chi connectivity index (χ0n) is 15.1. The van der Waals surface area contributed by atoms with E-state index < -0.39 is 55.3 Å². The van der Waals surface area contributed by atoms with Crippen molar-refractivity contribution in [3.05, 3.63) is 13.8 Å². The number of hydrogen-bond donors (Lipinski definition) is 4. The van der Waals surface area contributed by atoms with Gasteiger partial charge in [-0.25, -0.2) is 0 Å². The molecule has 8 unspecified atom stereocenters. The second-order valence-corrected chi connectivity index (χ2v) is 7.03. The van der Waals surface area contributed by atoms with Crippen LogP contribution in [0.2, 0.25) is 0 Å². The number of aliphatic hydroxyl groups excluding tert-OH is 4. The minimum atomic E-state index is -1.33. The van der Waals surface area contributed by atoms with Crippen LogP contribution in [-0.4, -0.2) is 82.3 Å². The Morgan fingerprint density at radius 1 is 0.704 bits per heavy atom. The maximum Gasteiger partial charge on any atom is 0.184 e. The summed E-state index contributed by atoms with van der Waals surface area (Å²) in [5.41, 5.74) is 0. The summed E-state index contributed by atoms with van der Waals surface area (Å²) in [7, 11) is 0. The van der Waals surface area contributed by atoms with Crippen molar-refractivity contribution in [2.45, 2.75) is 81.0 Å². The molecule has 1 radical (unpaired) electrons. The molecule has 5 fully saturated rings. The van der Waals surface area contributed by atoms with E-state index in [1.54, 1.807) is 0 Å². The molecule has 4 bridgehead atoms. The van der Waals surface area contributed by atoms with Crippen LogP contribution in [0.4, 0.5) is 0 Å². The molecule has 0 aromatic heterocycles. The first-order valence-electron chi connectivity index (χ1n) is 8.86. The summed E-state index contributed by atoms with van der Waals surface area (Å²) in [6.07, 6.45) is -6.58. The molecule has 5 saturated heterocycles. The third-order valence-corrected chi connectivity index (χ3v) is 5.25. The van der Waals surface area contributed by atoms with Gasteiger partial charge in [-0.1, -0.05) is 18.9 Å². The third-order valence-electron chi connectivity index (χ3n) is 5.25. The van der Waals surface area contributed by atoms with E-state index in [0.29, 0.717) is 13.0 Å². The van der Waals surface area contributed by atoms with Crippen LogP contribution in [0.25, 0.3) is 0 Å².